The number of anilines is 1. The molecule has 2 aromatic rings. The van der Waals surface area contributed by atoms with E-state index in [-0.39, 0.29) is 11.3 Å². The maximum atomic E-state index is 14.4. The zero-order chi connectivity index (χ0) is 26.3. The van der Waals surface area contributed by atoms with Crippen molar-refractivity contribution >= 4 is 17.5 Å². The van der Waals surface area contributed by atoms with Crippen LogP contribution in [0.3, 0.4) is 0 Å². The fourth-order valence-corrected chi connectivity index (χ4v) is 4.01. The number of carbonyl (C=O) groups excluding carboxylic acids is 2. The van der Waals surface area contributed by atoms with E-state index < -0.39 is 71.1 Å². The Morgan fingerprint density at radius 3 is 2.40 bits per heavy atom. The van der Waals surface area contributed by atoms with Gasteiger partial charge in [0.25, 0.3) is 5.91 Å². The zero-order valence-corrected chi connectivity index (χ0v) is 18.1. The summed E-state index contributed by atoms with van der Waals surface area (Å²) in [4.78, 5) is 24.4. The van der Waals surface area contributed by atoms with Crippen molar-refractivity contribution in [3.63, 3.8) is 0 Å². The molecule has 3 rings (SSSR count). The van der Waals surface area contributed by atoms with Gasteiger partial charge in [-0.2, -0.15) is 26.3 Å². The quantitative estimate of drug-likeness (QED) is 0.552. The van der Waals surface area contributed by atoms with Crippen LogP contribution >= 0.6 is 0 Å². The monoisotopic (exact) mass is 508 g/mol. The Bertz CT molecular complexity index is 1140. The van der Waals surface area contributed by atoms with E-state index in [2.05, 4.69) is 10.1 Å². The van der Waals surface area contributed by atoms with Crippen LogP contribution in [0.5, 0.6) is 5.75 Å². The summed E-state index contributed by atoms with van der Waals surface area (Å²) in [5.41, 5.74) is 1.54. The number of primary amides is 1. The SMILES string of the molecule is C[C@H]1[C@@H](c2ccc(F)c(F)c2OC(F)F)[C@H](C(=O)Nc2cccc(C(N)=O)c2)O[C@]1(C)C(F)(F)F. The van der Waals surface area contributed by atoms with E-state index in [1.165, 1.54) is 18.2 Å². The van der Waals surface area contributed by atoms with Crippen LogP contribution in [0.15, 0.2) is 36.4 Å². The molecule has 1 fully saturated rings. The summed E-state index contributed by atoms with van der Waals surface area (Å²) >= 11 is 0. The third-order valence-corrected chi connectivity index (χ3v) is 5.99. The highest BCUT2D eigenvalue weighted by Crippen LogP contribution is 2.55. The van der Waals surface area contributed by atoms with E-state index in [4.69, 9.17) is 10.5 Å². The van der Waals surface area contributed by atoms with Crippen LogP contribution in [0, 0.1) is 17.6 Å². The van der Waals surface area contributed by atoms with Gasteiger partial charge in [0.05, 0.1) is 0 Å². The van der Waals surface area contributed by atoms with E-state index in [0.29, 0.717) is 13.0 Å². The number of rotatable bonds is 6. The molecule has 3 N–H and O–H groups in total. The Labute approximate surface area is 194 Å². The van der Waals surface area contributed by atoms with Gasteiger partial charge in [0.2, 0.25) is 11.7 Å². The lowest BCUT2D eigenvalue weighted by atomic mass is 9.77. The first-order valence-corrected chi connectivity index (χ1v) is 10.1. The highest BCUT2D eigenvalue weighted by atomic mass is 19.4. The van der Waals surface area contributed by atoms with Gasteiger partial charge in [0, 0.05) is 28.7 Å². The fraction of sp³-hybridized carbons (Fsp3) is 0.364. The zero-order valence-electron chi connectivity index (χ0n) is 18.1. The van der Waals surface area contributed by atoms with E-state index in [1.807, 2.05) is 0 Å². The number of halogens is 7. The molecule has 0 aromatic heterocycles. The molecule has 1 aliphatic rings. The highest BCUT2D eigenvalue weighted by Gasteiger charge is 2.66. The molecule has 0 bridgehead atoms. The predicted octanol–water partition coefficient (Wildman–Crippen LogP) is 4.74. The van der Waals surface area contributed by atoms with E-state index in [9.17, 15) is 40.3 Å². The Hall–Kier alpha value is -3.35. The number of ether oxygens (including phenoxy) is 2. The lowest BCUT2D eigenvalue weighted by molar-refractivity contribution is -0.272. The maximum Gasteiger partial charge on any atom is 0.417 e. The van der Waals surface area contributed by atoms with Gasteiger partial charge in [-0.15, -0.1) is 0 Å². The molecule has 0 radical (unpaired) electrons. The molecule has 1 heterocycles. The average molecular weight is 508 g/mol. The van der Waals surface area contributed by atoms with Crippen LogP contribution < -0.4 is 15.8 Å². The average Bonchev–Trinajstić information content (AvgIpc) is 3.04. The van der Waals surface area contributed by atoms with Crippen LogP contribution in [0.1, 0.15) is 35.7 Å². The minimum Gasteiger partial charge on any atom is -0.431 e. The minimum absolute atomic E-state index is 0.0200. The molecule has 1 saturated heterocycles. The topological polar surface area (TPSA) is 90.6 Å². The lowest BCUT2D eigenvalue weighted by Gasteiger charge is -2.32. The van der Waals surface area contributed by atoms with Crippen LogP contribution in [-0.4, -0.2) is 36.3 Å². The van der Waals surface area contributed by atoms with E-state index in [0.717, 1.165) is 19.1 Å². The second-order valence-electron chi connectivity index (χ2n) is 8.05. The van der Waals surface area contributed by atoms with Gasteiger partial charge in [-0.1, -0.05) is 19.1 Å². The Balaban J connectivity index is 2.10. The molecule has 4 atom stereocenters. The number of carbonyl (C=O) groups is 2. The van der Waals surface area contributed by atoms with Gasteiger partial charge in [-0.3, -0.25) is 9.59 Å². The van der Waals surface area contributed by atoms with Crippen LogP contribution in [0.25, 0.3) is 0 Å². The number of nitrogens with one attached hydrogen (secondary N) is 1. The Morgan fingerprint density at radius 1 is 1.17 bits per heavy atom. The van der Waals surface area contributed by atoms with Gasteiger partial charge >= 0.3 is 12.8 Å². The molecule has 2 amide bonds. The third kappa shape index (κ3) is 4.90. The van der Waals surface area contributed by atoms with Crippen molar-refractivity contribution in [1.82, 2.24) is 0 Å². The molecule has 0 saturated carbocycles. The molecule has 0 unspecified atom stereocenters. The van der Waals surface area contributed by atoms with Gasteiger partial charge in [-0.05, 0) is 31.2 Å². The summed E-state index contributed by atoms with van der Waals surface area (Å²) in [5.74, 6) is -10.1. The van der Waals surface area contributed by atoms with Crippen LogP contribution in [-0.2, 0) is 9.53 Å². The van der Waals surface area contributed by atoms with Crippen LogP contribution in [0.4, 0.5) is 36.4 Å². The first-order valence-electron chi connectivity index (χ1n) is 10.1. The standard InChI is InChI=1S/C22H19F7N2O4/c1-9-14(12-6-7-13(23)15(24)16(12)34-20(25)26)17(35-21(9,2)22(27,28)29)19(33)31-11-5-3-4-10(8-11)18(30)32/h3-9,14,17,20H,1-2H3,(H2,30,32)(H,31,33)/t9-,14-,17+,21-/m0/s1. The molecular formula is C22H19F7N2O4. The van der Waals surface area contributed by atoms with Crippen molar-refractivity contribution < 1.29 is 49.8 Å². The Morgan fingerprint density at radius 2 is 1.83 bits per heavy atom. The molecular weight excluding hydrogens is 489 g/mol. The second kappa shape index (κ2) is 9.36. The predicted molar refractivity (Wildman–Crippen MR) is 108 cm³/mol. The van der Waals surface area contributed by atoms with E-state index in [1.54, 1.807) is 0 Å². The molecule has 0 aliphatic carbocycles. The van der Waals surface area contributed by atoms with Crippen LogP contribution in [0.2, 0.25) is 0 Å². The lowest BCUT2D eigenvalue weighted by Crippen LogP contribution is -2.47. The summed E-state index contributed by atoms with van der Waals surface area (Å²) in [7, 11) is 0. The van der Waals surface area contributed by atoms with Gasteiger partial charge in [0.15, 0.2) is 17.2 Å². The van der Waals surface area contributed by atoms with Crippen molar-refractivity contribution in [1.29, 1.82) is 0 Å². The summed E-state index contributed by atoms with van der Waals surface area (Å²) < 4.78 is 105. The molecule has 1 aliphatic heterocycles. The van der Waals surface area contributed by atoms with Crippen molar-refractivity contribution in [2.45, 2.75) is 44.3 Å². The molecule has 35 heavy (non-hydrogen) atoms. The first kappa shape index (κ1) is 26.3. The second-order valence-corrected chi connectivity index (χ2v) is 8.05. The maximum absolute atomic E-state index is 14.4. The Kier molecular flexibility index (Phi) is 7.02. The van der Waals surface area contributed by atoms with E-state index >= 15 is 0 Å². The summed E-state index contributed by atoms with van der Waals surface area (Å²) in [6, 6.07) is 6.41. The molecule has 2 aromatic carbocycles. The van der Waals surface area contributed by atoms with Crippen molar-refractivity contribution in [3.05, 3.63) is 59.2 Å². The number of amides is 2. The normalized spacial score (nSPS) is 24.5. The highest BCUT2D eigenvalue weighted by molar-refractivity contribution is 5.98. The number of benzene rings is 2. The molecule has 6 nitrogen and oxygen atoms in total. The number of nitrogens with two attached hydrogens (primary N) is 1. The van der Waals surface area contributed by atoms with Gasteiger partial charge in [-0.25, -0.2) is 4.39 Å². The largest absolute Gasteiger partial charge is 0.431 e. The first-order chi connectivity index (χ1) is 16.2. The minimum atomic E-state index is -5.03. The molecule has 0 spiro atoms. The smallest absolute Gasteiger partial charge is 0.417 e. The number of hydrogen-bond donors (Lipinski definition) is 2. The van der Waals surface area contributed by atoms with Gasteiger partial charge < -0.3 is 20.5 Å². The molecule has 190 valence electrons. The van der Waals surface area contributed by atoms with Crippen molar-refractivity contribution in [2.24, 2.45) is 11.7 Å². The third-order valence-electron chi connectivity index (χ3n) is 5.99. The summed E-state index contributed by atoms with van der Waals surface area (Å²) in [6.45, 7) is -1.95. The molecule has 13 heteroatoms. The number of alkyl halides is 5. The van der Waals surface area contributed by atoms with Crippen molar-refractivity contribution in [2.75, 3.05) is 5.32 Å². The summed E-state index contributed by atoms with van der Waals surface area (Å²) in [6.07, 6.45) is -7.04. The summed E-state index contributed by atoms with van der Waals surface area (Å²) in [5, 5.41) is 2.28. The van der Waals surface area contributed by atoms with Crippen molar-refractivity contribution in [3.8, 4) is 5.75 Å². The van der Waals surface area contributed by atoms with Gasteiger partial charge in [0.1, 0.15) is 6.10 Å². The fourth-order valence-electron chi connectivity index (χ4n) is 4.01. The number of hydrogen-bond acceptors (Lipinski definition) is 4.